The van der Waals surface area contributed by atoms with E-state index in [1.165, 1.54) is 17.2 Å². The second kappa shape index (κ2) is 8.10. The fourth-order valence-corrected chi connectivity index (χ4v) is 3.66. The molecule has 0 spiro atoms. The molecule has 6 heteroatoms. The number of hydrogen-bond donors (Lipinski definition) is 2. The minimum Gasteiger partial charge on any atom is -0.356 e. The summed E-state index contributed by atoms with van der Waals surface area (Å²) in [6.07, 6.45) is 0.994. The van der Waals surface area contributed by atoms with Crippen LogP contribution in [0.25, 0.3) is 20.8 Å². The molecule has 1 heterocycles. The molecule has 1 aromatic heterocycles. The number of fused-ring (bicyclic) bond motifs is 1. The molecule has 134 valence electrons. The van der Waals surface area contributed by atoms with E-state index in [4.69, 9.17) is 0 Å². The van der Waals surface area contributed by atoms with Gasteiger partial charge in [-0.25, -0.2) is 4.98 Å². The van der Waals surface area contributed by atoms with E-state index in [1.807, 2.05) is 30.3 Å². The number of carbonyl (C=O) groups excluding carboxylic acids is 2. The first-order chi connectivity index (χ1) is 12.5. The predicted molar refractivity (Wildman–Crippen MR) is 106 cm³/mol. The molecule has 0 aliphatic rings. The fourth-order valence-electron chi connectivity index (χ4n) is 2.59. The first-order valence-corrected chi connectivity index (χ1v) is 9.35. The number of carbonyl (C=O) groups is 2. The Morgan fingerprint density at radius 3 is 2.62 bits per heavy atom. The number of benzene rings is 2. The summed E-state index contributed by atoms with van der Waals surface area (Å²) in [5, 5.41) is 6.53. The highest BCUT2D eigenvalue weighted by Gasteiger charge is 2.07. The lowest BCUT2D eigenvalue weighted by Gasteiger charge is -2.06. The van der Waals surface area contributed by atoms with Crippen molar-refractivity contribution in [2.45, 2.75) is 26.7 Å². The largest absolute Gasteiger partial charge is 0.356 e. The van der Waals surface area contributed by atoms with Gasteiger partial charge in [0.25, 0.3) is 0 Å². The third-order valence-corrected chi connectivity index (χ3v) is 4.98. The normalized spacial score (nSPS) is 10.7. The Morgan fingerprint density at radius 1 is 1.12 bits per heavy atom. The van der Waals surface area contributed by atoms with Crippen LogP contribution in [-0.4, -0.2) is 23.3 Å². The van der Waals surface area contributed by atoms with E-state index in [0.717, 1.165) is 21.8 Å². The van der Waals surface area contributed by atoms with Crippen molar-refractivity contribution in [1.82, 2.24) is 10.3 Å². The Kier molecular flexibility index (Phi) is 5.63. The van der Waals surface area contributed by atoms with Gasteiger partial charge in [0.1, 0.15) is 5.01 Å². The molecule has 5 nitrogen and oxygen atoms in total. The molecule has 2 amide bonds. The number of anilines is 1. The molecular weight excluding hydrogens is 346 g/mol. The van der Waals surface area contributed by atoms with Crippen molar-refractivity contribution in [3.05, 3.63) is 48.0 Å². The molecule has 3 rings (SSSR count). The van der Waals surface area contributed by atoms with Crippen LogP contribution in [0.15, 0.2) is 42.5 Å². The van der Waals surface area contributed by atoms with E-state index >= 15 is 0 Å². The van der Waals surface area contributed by atoms with Crippen LogP contribution in [0.4, 0.5) is 5.69 Å². The highest BCUT2D eigenvalue weighted by molar-refractivity contribution is 7.21. The number of aryl methyl sites for hydroxylation is 1. The van der Waals surface area contributed by atoms with E-state index in [0.29, 0.717) is 19.4 Å². The van der Waals surface area contributed by atoms with E-state index in [-0.39, 0.29) is 11.8 Å². The molecule has 0 aliphatic carbocycles. The summed E-state index contributed by atoms with van der Waals surface area (Å²) in [5.41, 5.74) is 4.03. The molecule has 3 aromatic rings. The summed E-state index contributed by atoms with van der Waals surface area (Å²) >= 11 is 1.67. The monoisotopic (exact) mass is 367 g/mol. The van der Waals surface area contributed by atoms with Crippen LogP contribution in [0.1, 0.15) is 25.3 Å². The lowest BCUT2D eigenvalue weighted by Crippen LogP contribution is -2.22. The van der Waals surface area contributed by atoms with Crippen molar-refractivity contribution in [2.75, 3.05) is 11.9 Å². The summed E-state index contributed by atoms with van der Waals surface area (Å²) in [6.45, 7) is 4.06. The number of nitrogens with zero attached hydrogens (tertiary/aromatic N) is 1. The second-order valence-electron chi connectivity index (χ2n) is 6.20. The van der Waals surface area contributed by atoms with Crippen LogP contribution in [0.3, 0.4) is 0 Å². The average molecular weight is 367 g/mol. The van der Waals surface area contributed by atoms with Crippen LogP contribution in [0.5, 0.6) is 0 Å². The molecule has 0 bridgehead atoms. The third kappa shape index (κ3) is 4.67. The van der Waals surface area contributed by atoms with Gasteiger partial charge in [-0.3, -0.25) is 9.59 Å². The van der Waals surface area contributed by atoms with Gasteiger partial charge in [0.05, 0.1) is 10.2 Å². The SMILES string of the molecule is CC(=O)NCCCC(=O)Nc1ccc(-c2nc3ccc(C)cc3s2)cc1. The predicted octanol–water partition coefficient (Wildman–Crippen LogP) is 4.13. The molecule has 26 heavy (non-hydrogen) atoms. The molecular formula is C20H21N3O2S. The van der Waals surface area contributed by atoms with Crippen molar-refractivity contribution >= 4 is 39.1 Å². The summed E-state index contributed by atoms with van der Waals surface area (Å²) in [6, 6.07) is 14.0. The highest BCUT2D eigenvalue weighted by Crippen LogP contribution is 2.31. The quantitative estimate of drug-likeness (QED) is 0.644. The molecule has 0 atom stereocenters. The topological polar surface area (TPSA) is 71.1 Å². The van der Waals surface area contributed by atoms with Crippen molar-refractivity contribution in [1.29, 1.82) is 0 Å². The van der Waals surface area contributed by atoms with Gasteiger partial charge in [0.2, 0.25) is 11.8 Å². The van der Waals surface area contributed by atoms with E-state index in [9.17, 15) is 9.59 Å². The zero-order chi connectivity index (χ0) is 18.5. The Balaban J connectivity index is 1.60. The van der Waals surface area contributed by atoms with Crippen LogP contribution in [-0.2, 0) is 9.59 Å². The lowest BCUT2D eigenvalue weighted by molar-refractivity contribution is -0.119. The van der Waals surface area contributed by atoms with Gasteiger partial charge < -0.3 is 10.6 Å². The van der Waals surface area contributed by atoms with E-state index in [2.05, 4.69) is 34.7 Å². The number of nitrogens with one attached hydrogen (secondary N) is 2. The first kappa shape index (κ1) is 18.1. The van der Waals surface area contributed by atoms with Gasteiger partial charge in [-0.05, 0) is 55.3 Å². The standard InChI is InChI=1S/C20H21N3O2S/c1-13-5-10-17-18(12-13)26-20(23-17)15-6-8-16(9-7-15)22-19(25)4-3-11-21-14(2)24/h5-10,12H,3-4,11H2,1-2H3,(H,21,24)(H,22,25). The van der Waals surface area contributed by atoms with Gasteiger partial charge in [-0.2, -0.15) is 0 Å². The number of amides is 2. The molecule has 0 saturated heterocycles. The van der Waals surface area contributed by atoms with Crippen molar-refractivity contribution in [2.24, 2.45) is 0 Å². The maximum absolute atomic E-state index is 11.9. The zero-order valence-corrected chi connectivity index (χ0v) is 15.7. The molecule has 2 N–H and O–H groups in total. The highest BCUT2D eigenvalue weighted by atomic mass is 32.1. The maximum Gasteiger partial charge on any atom is 0.224 e. The summed E-state index contributed by atoms with van der Waals surface area (Å²) in [4.78, 5) is 27.4. The molecule has 0 saturated carbocycles. The van der Waals surface area contributed by atoms with Crippen LogP contribution in [0, 0.1) is 6.92 Å². The van der Waals surface area contributed by atoms with E-state index < -0.39 is 0 Å². The van der Waals surface area contributed by atoms with Gasteiger partial charge >= 0.3 is 0 Å². The molecule has 0 aliphatic heterocycles. The summed E-state index contributed by atoms with van der Waals surface area (Å²) < 4.78 is 1.18. The number of thiazole rings is 1. The maximum atomic E-state index is 11.9. The van der Waals surface area contributed by atoms with Gasteiger partial charge in [0.15, 0.2) is 0 Å². The molecule has 2 aromatic carbocycles. The smallest absolute Gasteiger partial charge is 0.224 e. The van der Waals surface area contributed by atoms with Crippen LogP contribution < -0.4 is 10.6 Å². The number of rotatable bonds is 6. The summed E-state index contributed by atoms with van der Waals surface area (Å²) in [5.74, 6) is -0.135. The Bertz CT molecular complexity index is 932. The third-order valence-electron chi connectivity index (χ3n) is 3.91. The zero-order valence-electron chi connectivity index (χ0n) is 14.8. The first-order valence-electron chi connectivity index (χ1n) is 8.53. The summed E-state index contributed by atoms with van der Waals surface area (Å²) in [7, 11) is 0. The van der Waals surface area contributed by atoms with Crippen molar-refractivity contribution in [3.8, 4) is 10.6 Å². The van der Waals surface area contributed by atoms with Crippen molar-refractivity contribution in [3.63, 3.8) is 0 Å². The number of hydrogen-bond acceptors (Lipinski definition) is 4. The minimum atomic E-state index is -0.0778. The number of aromatic nitrogens is 1. The Labute approximate surface area is 156 Å². The Hall–Kier alpha value is -2.73. The van der Waals surface area contributed by atoms with Crippen LogP contribution in [0.2, 0.25) is 0 Å². The fraction of sp³-hybridized carbons (Fsp3) is 0.250. The average Bonchev–Trinajstić information content (AvgIpc) is 3.02. The van der Waals surface area contributed by atoms with E-state index in [1.54, 1.807) is 11.3 Å². The van der Waals surface area contributed by atoms with Gasteiger partial charge in [0, 0.05) is 31.1 Å². The second-order valence-corrected chi connectivity index (χ2v) is 7.23. The molecule has 0 unspecified atom stereocenters. The van der Waals surface area contributed by atoms with Gasteiger partial charge in [-0.15, -0.1) is 11.3 Å². The lowest BCUT2D eigenvalue weighted by atomic mass is 10.2. The van der Waals surface area contributed by atoms with Crippen LogP contribution >= 0.6 is 11.3 Å². The minimum absolute atomic E-state index is 0.0569. The van der Waals surface area contributed by atoms with Gasteiger partial charge in [-0.1, -0.05) is 6.07 Å². The van der Waals surface area contributed by atoms with Crippen molar-refractivity contribution < 1.29 is 9.59 Å². The molecule has 0 radical (unpaired) electrons. The molecule has 0 fully saturated rings. The Morgan fingerprint density at radius 2 is 1.88 bits per heavy atom.